The van der Waals surface area contributed by atoms with Crippen LogP contribution in [0.1, 0.15) is 43.0 Å². The molecule has 0 spiro atoms. The number of amides is 1. The Hall–Kier alpha value is -0.580. The molecule has 0 bridgehead atoms. The molecule has 20 heavy (non-hydrogen) atoms. The number of carbonyl (C=O) groups is 1. The number of hydrogen-bond donors (Lipinski definition) is 2. The quantitative estimate of drug-likeness (QED) is 0.862. The monoisotopic (exact) mass is 359 g/mol. The zero-order chi connectivity index (χ0) is 14.8. The van der Waals surface area contributed by atoms with Gasteiger partial charge in [-0.1, -0.05) is 34.5 Å². The maximum atomic E-state index is 12.4. The van der Waals surface area contributed by atoms with E-state index < -0.39 is 5.54 Å². The standard InChI is InChI=1S/C15H19BrClNO2/c1-10-2-4-15(9-19,5-3-10)18-14(20)11-6-12(16)8-13(17)7-11/h6-8,10,19H,2-5,9H2,1H3,(H,18,20). The van der Waals surface area contributed by atoms with Crippen LogP contribution in [0.2, 0.25) is 5.02 Å². The van der Waals surface area contributed by atoms with Crippen LogP contribution in [0.5, 0.6) is 0 Å². The number of carbonyl (C=O) groups excluding carboxylic acids is 1. The van der Waals surface area contributed by atoms with Crippen molar-refractivity contribution in [1.29, 1.82) is 0 Å². The van der Waals surface area contributed by atoms with E-state index in [1.54, 1.807) is 18.2 Å². The molecule has 0 aliphatic heterocycles. The van der Waals surface area contributed by atoms with Crippen molar-refractivity contribution < 1.29 is 9.90 Å². The first-order chi connectivity index (χ1) is 9.44. The largest absolute Gasteiger partial charge is 0.394 e. The van der Waals surface area contributed by atoms with Gasteiger partial charge in [-0.3, -0.25) is 4.79 Å². The smallest absolute Gasteiger partial charge is 0.251 e. The fraction of sp³-hybridized carbons (Fsp3) is 0.533. The zero-order valence-electron chi connectivity index (χ0n) is 11.5. The van der Waals surface area contributed by atoms with Gasteiger partial charge in [-0.2, -0.15) is 0 Å². The molecule has 2 N–H and O–H groups in total. The Morgan fingerprint density at radius 2 is 2.10 bits per heavy atom. The van der Waals surface area contributed by atoms with Crippen LogP contribution in [0.25, 0.3) is 0 Å². The highest BCUT2D eigenvalue weighted by Crippen LogP contribution is 2.32. The molecule has 1 aromatic carbocycles. The van der Waals surface area contributed by atoms with Gasteiger partial charge in [0, 0.05) is 15.1 Å². The summed E-state index contributed by atoms with van der Waals surface area (Å²) in [5.74, 6) is 0.476. The fourth-order valence-corrected chi connectivity index (χ4v) is 3.50. The maximum absolute atomic E-state index is 12.4. The molecule has 1 aliphatic rings. The molecule has 1 fully saturated rings. The number of halogens is 2. The first-order valence-corrected chi connectivity index (χ1v) is 8.01. The van der Waals surface area contributed by atoms with Gasteiger partial charge in [0.25, 0.3) is 5.91 Å². The molecular weight excluding hydrogens is 342 g/mol. The van der Waals surface area contributed by atoms with Gasteiger partial charge in [0.2, 0.25) is 0 Å². The van der Waals surface area contributed by atoms with Gasteiger partial charge < -0.3 is 10.4 Å². The summed E-state index contributed by atoms with van der Waals surface area (Å²) >= 11 is 9.30. The molecule has 0 heterocycles. The second-order valence-electron chi connectivity index (χ2n) is 5.73. The topological polar surface area (TPSA) is 49.3 Å². The summed E-state index contributed by atoms with van der Waals surface area (Å²) in [5, 5.41) is 13.2. The Balaban J connectivity index is 2.13. The normalized spacial score (nSPS) is 26.3. The van der Waals surface area contributed by atoms with Crippen molar-refractivity contribution in [3.63, 3.8) is 0 Å². The third-order valence-corrected chi connectivity index (χ3v) is 4.71. The summed E-state index contributed by atoms with van der Waals surface area (Å²) in [6.07, 6.45) is 3.69. The first-order valence-electron chi connectivity index (χ1n) is 6.83. The Bertz CT molecular complexity index is 478. The predicted octanol–water partition coefficient (Wildman–Crippen LogP) is 3.77. The van der Waals surface area contributed by atoms with Gasteiger partial charge in [0.1, 0.15) is 0 Å². The summed E-state index contributed by atoms with van der Waals surface area (Å²) in [7, 11) is 0. The number of hydrogen-bond acceptors (Lipinski definition) is 2. The van der Waals surface area contributed by atoms with E-state index in [0.29, 0.717) is 16.5 Å². The van der Waals surface area contributed by atoms with Crippen LogP contribution in [0.15, 0.2) is 22.7 Å². The molecular formula is C15H19BrClNO2. The van der Waals surface area contributed by atoms with Gasteiger partial charge in [0.15, 0.2) is 0 Å². The molecule has 110 valence electrons. The van der Waals surface area contributed by atoms with Gasteiger partial charge >= 0.3 is 0 Å². The van der Waals surface area contributed by atoms with Crippen LogP contribution in [0.3, 0.4) is 0 Å². The number of aliphatic hydroxyl groups excluding tert-OH is 1. The van der Waals surface area contributed by atoms with Crippen LogP contribution < -0.4 is 5.32 Å². The highest BCUT2D eigenvalue weighted by Gasteiger charge is 2.35. The molecule has 1 saturated carbocycles. The summed E-state index contributed by atoms with van der Waals surface area (Å²) in [4.78, 5) is 12.4. The summed E-state index contributed by atoms with van der Waals surface area (Å²) in [5.41, 5.74) is 0.0223. The average Bonchev–Trinajstić information content (AvgIpc) is 2.40. The van der Waals surface area contributed by atoms with Gasteiger partial charge in [-0.15, -0.1) is 0 Å². The van der Waals surface area contributed by atoms with E-state index in [2.05, 4.69) is 28.2 Å². The second kappa shape index (κ2) is 6.46. The maximum Gasteiger partial charge on any atom is 0.251 e. The van der Waals surface area contributed by atoms with Crippen molar-refractivity contribution >= 4 is 33.4 Å². The SMILES string of the molecule is CC1CCC(CO)(NC(=O)c2cc(Cl)cc(Br)c2)CC1. The number of nitrogens with one attached hydrogen (secondary N) is 1. The fourth-order valence-electron chi connectivity index (χ4n) is 2.64. The highest BCUT2D eigenvalue weighted by molar-refractivity contribution is 9.10. The molecule has 0 radical (unpaired) electrons. The second-order valence-corrected chi connectivity index (χ2v) is 7.09. The lowest BCUT2D eigenvalue weighted by Crippen LogP contribution is -2.53. The molecule has 0 aromatic heterocycles. The number of rotatable bonds is 3. The lowest BCUT2D eigenvalue weighted by Gasteiger charge is -2.38. The Morgan fingerprint density at radius 3 is 2.65 bits per heavy atom. The third-order valence-electron chi connectivity index (χ3n) is 4.04. The zero-order valence-corrected chi connectivity index (χ0v) is 13.8. The van der Waals surface area contributed by atoms with Gasteiger partial charge in [0.05, 0.1) is 12.1 Å². The van der Waals surface area contributed by atoms with Crippen LogP contribution in [-0.4, -0.2) is 23.2 Å². The van der Waals surface area contributed by atoms with Gasteiger partial charge in [-0.25, -0.2) is 0 Å². The minimum absolute atomic E-state index is 0.0206. The Labute approximate surface area is 132 Å². The van der Waals surface area contributed by atoms with Crippen molar-refractivity contribution in [2.24, 2.45) is 5.92 Å². The predicted molar refractivity (Wildman–Crippen MR) is 84.1 cm³/mol. The lowest BCUT2D eigenvalue weighted by molar-refractivity contribution is 0.0717. The first kappa shape index (κ1) is 15.8. The van der Waals surface area contributed by atoms with Crippen molar-refractivity contribution in [3.05, 3.63) is 33.3 Å². The minimum atomic E-state index is -0.488. The van der Waals surface area contributed by atoms with E-state index in [4.69, 9.17) is 11.6 Å². The van der Waals surface area contributed by atoms with Gasteiger partial charge in [-0.05, 0) is 49.8 Å². The molecule has 0 unspecified atom stereocenters. The van der Waals surface area contributed by atoms with Crippen LogP contribution >= 0.6 is 27.5 Å². The molecule has 2 rings (SSSR count). The molecule has 5 heteroatoms. The molecule has 1 amide bonds. The molecule has 1 aromatic rings. The summed E-state index contributed by atoms with van der Waals surface area (Å²) in [6.45, 7) is 2.18. The van der Waals surface area contributed by atoms with E-state index in [1.807, 2.05) is 0 Å². The third kappa shape index (κ3) is 3.74. The molecule has 1 aliphatic carbocycles. The van der Waals surface area contributed by atoms with Crippen LogP contribution in [0, 0.1) is 5.92 Å². The lowest BCUT2D eigenvalue weighted by atomic mass is 9.77. The molecule has 0 saturated heterocycles. The van der Waals surface area contributed by atoms with Crippen molar-refractivity contribution in [2.75, 3.05) is 6.61 Å². The summed E-state index contributed by atoms with van der Waals surface area (Å²) in [6, 6.07) is 5.11. The van der Waals surface area contributed by atoms with Crippen LogP contribution in [-0.2, 0) is 0 Å². The average molecular weight is 361 g/mol. The van der Waals surface area contributed by atoms with Crippen molar-refractivity contribution in [3.8, 4) is 0 Å². The highest BCUT2D eigenvalue weighted by atomic mass is 79.9. The van der Waals surface area contributed by atoms with E-state index in [-0.39, 0.29) is 12.5 Å². The molecule has 3 nitrogen and oxygen atoms in total. The van der Waals surface area contributed by atoms with Crippen molar-refractivity contribution in [1.82, 2.24) is 5.32 Å². The van der Waals surface area contributed by atoms with E-state index >= 15 is 0 Å². The van der Waals surface area contributed by atoms with E-state index in [9.17, 15) is 9.90 Å². The Kier molecular flexibility index (Phi) is 5.10. The van der Waals surface area contributed by atoms with Crippen LogP contribution in [0.4, 0.5) is 0 Å². The Morgan fingerprint density at radius 1 is 1.45 bits per heavy atom. The minimum Gasteiger partial charge on any atom is -0.394 e. The number of aliphatic hydroxyl groups is 1. The van der Waals surface area contributed by atoms with E-state index in [1.165, 1.54) is 0 Å². The van der Waals surface area contributed by atoms with E-state index in [0.717, 1.165) is 30.2 Å². The van der Waals surface area contributed by atoms with Crippen molar-refractivity contribution in [2.45, 2.75) is 38.1 Å². The summed E-state index contributed by atoms with van der Waals surface area (Å²) < 4.78 is 0.769. The number of benzene rings is 1. The molecule has 0 atom stereocenters.